The van der Waals surface area contributed by atoms with Crippen LogP contribution in [-0.2, 0) is 4.74 Å². The number of aliphatic hydroxyl groups is 1. The monoisotopic (exact) mass is 227 g/mol. The number of nitrogens with one attached hydrogen (secondary N) is 1. The summed E-state index contributed by atoms with van der Waals surface area (Å²) in [5.41, 5.74) is 0.288. The molecule has 0 aromatic carbocycles. The molecule has 3 unspecified atom stereocenters. The predicted molar refractivity (Wildman–Crippen MR) is 64.4 cm³/mol. The van der Waals surface area contributed by atoms with Crippen molar-refractivity contribution in [2.45, 2.75) is 70.7 Å². The summed E-state index contributed by atoms with van der Waals surface area (Å²) in [7, 11) is 0. The lowest BCUT2D eigenvalue weighted by atomic mass is 9.61. The van der Waals surface area contributed by atoms with Crippen LogP contribution in [0, 0.1) is 5.41 Å². The molecule has 0 heterocycles. The molecular weight excluding hydrogens is 202 g/mol. The van der Waals surface area contributed by atoms with Gasteiger partial charge in [0.25, 0.3) is 0 Å². The van der Waals surface area contributed by atoms with E-state index in [-0.39, 0.29) is 11.5 Å². The Balaban J connectivity index is 1.83. The van der Waals surface area contributed by atoms with Gasteiger partial charge in [0.05, 0.1) is 12.2 Å². The number of rotatable bonds is 5. The highest BCUT2D eigenvalue weighted by atomic mass is 16.5. The van der Waals surface area contributed by atoms with Crippen molar-refractivity contribution in [2.24, 2.45) is 5.41 Å². The fourth-order valence-electron chi connectivity index (χ4n) is 3.02. The Bertz CT molecular complexity index is 240. The molecule has 0 bridgehead atoms. The molecule has 2 aliphatic carbocycles. The topological polar surface area (TPSA) is 41.5 Å². The van der Waals surface area contributed by atoms with E-state index in [2.05, 4.69) is 26.1 Å². The second-order valence-corrected chi connectivity index (χ2v) is 5.58. The first-order valence-corrected chi connectivity index (χ1v) is 6.65. The molecule has 2 aliphatic rings. The zero-order valence-electron chi connectivity index (χ0n) is 10.7. The van der Waals surface area contributed by atoms with Gasteiger partial charge in [-0.1, -0.05) is 13.8 Å². The van der Waals surface area contributed by atoms with Crippen LogP contribution < -0.4 is 5.32 Å². The summed E-state index contributed by atoms with van der Waals surface area (Å²) in [5, 5.41) is 13.0. The van der Waals surface area contributed by atoms with Gasteiger partial charge in [0.15, 0.2) is 0 Å². The van der Waals surface area contributed by atoms with Crippen molar-refractivity contribution in [1.29, 1.82) is 0 Å². The summed E-state index contributed by atoms with van der Waals surface area (Å²) < 4.78 is 5.78. The zero-order chi connectivity index (χ0) is 11.8. The van der Waals surface area contributed by atoms with Gasteiger partial charge in [0.2, 0.25) is 0 Å². The lowest BCUT2D eigenvalue weighted by molar-refractivity contribution is -0.132. The molecule has 2 saturated carbocycles. The van der Waals surface area contributed by atoms with Crippen LogP contribution in [0.25, 0.3) is 0 Å². The Morgan fingerprint density at radius 1 is 1.31 bits per heavy atom. The summed E-state index contributed by atoms with van der Waals surface area (Å²) >= 11 is 0. The average Bonchev–Trinajstić information content (AvgIpc) is 2.23. The van der Waals surface area contributed by atoms with E-state index in [1.807, 2.05) is 0 Å². The van der Waals surface area contributed by atoms with Crippen molar-refractivity contribution in [2.75, 3.05) is 6.61 Å². The summed E-state index contributed by atoms with van der Waals surface area (Å²) in [6, 6.07) is 1.11. The molecule has 0 aromatic rings. The van der Waals surface area contributed by atoms with Crippen LogP contribution >= 0.6 is 0 Å². The van der Waals surface area contributed by atoms with Gasteiger partial charge in [0, 0.05) is 24.1 Å². The minimum absolute atomic E-state index is 0.0619. The standard InChI is InChI=1S/C13H25NO2/c1-4-13(3)11(8-12(13)16-5-2)14-9-6-10(15)7-9/h9-12,14-15H,4-8H2,1-3H3. The van der Waals surface area contributed by atoms with Crippen LogP contribution in [0.3, 0.4) is 0 Å². The summed E-state index contributed by atoms with van der Waals surface area (Å²) in [5.74, 6) is 0. The van der Waals surface area contributed by atoms with Crippen molar-refractivity contribution in [1.82, 2.24) is 5.32 Å². The van der Waals surface area contributed by atoms with Crippen molar-refractivity contribution >= 4 is 0 Å². The Labute approximate surface area is 98.6 Å². The maximum absolute atomic E-state index is 9.28. The Morgan fingerprint density at radius 3 is 2.50 bits per heavy atom. The minimum atomic E-state index is -0.0619. The summed E-state index contributed by atoms with van der Waals surface area (Å²) in [4.78, 5) is 0. The zero-order valence-corrected chi connectivity index (χ0v) is 10.7. The van der Waals surface area contributed by atoms with E-state index in [0.717, 1.165) is 32.3 Å². The highest BCUT2D eigenvalue weighted by molar-refractivity contribution is 5.06. The molecule has 2 N–H and O–H groups in total. The van der Waals surface area contributed by atoms with E-state index in [1.54, 1.807) is 0 Å². The molecule has 2 rings (SSSR count). The molecule has 0 aliphatic heterocycles. The molecule has 0 amide bonds. The van der Waals surface area contributed by atoms with E-state index >= 15 is 0 Å². The van der Waals surface area contributed by atoms with Gasteiger partial charge in [-0.3, -0.25) is 0 Å². The molecule has 0 radical (unpaired) electrons. The molecule has 16 heavy (non-hydrogen) atoms. The van der Waals surface area contributed by atoms with Gasteiger partial charge in [0.1, 0.15) is 0 Å². The molecule has 3 atom stereocenters. The van der Waals surface area contributed by atoms with Gasteiger partial charge < -0.3 is 15.2 Å². The summed E-state index contributed by atoms with van der Waals surface area (Å²) in [6.07, 6.45) is 4.50. The molecule has 2 fully saturated rings. The molecule has 94 valence electrons. The van der Waals surface area contributed by atoms with Crippen LogP contribution in [0.2, 0.25) is 0 Å². The second-order valence-electron chi connectivity index (χ2n) is 5.58. The van der Waals surface area contributed by atoms with Crippen molar-refractivity contribution in [3.63, 3.8) is 0 Å². The fourth-order valence-corrected chi connectivity index (χ4v) is 3.02. The van der Waals surface area contributed by atoms with E-state index < -0.39 is 0 Å². The highest BCUT2D eigenvalue weighted by Gasteiger charge is 2.52. The van der Waals surface area contributed by atoms with Crippen molar-refractivity contribution < 1.29 is 9.84 Å². The molecule has 0 aromatic heterocycles. The lowest BCUT2D eigenvalue weighted by Gasteiger charge is -2.55. The lowest BCUT2D eigenvalue weighted by Crippen LogP contribution is -2.65. The number of hydrogen-bond acceptors (Lipinski definition) is 3. The molecular formula is C13H25NO2. The third-order valence-corrected chi connectivity index (χ3v) is 4.66. The Kier molecular flexibility index (Phi) is 3.57. The van der Waals surface area contributed by atoms with Crippen LogP contribution in [0.4, 0.5) is 0 Å². The van der Waals surface area contributed by atoms with E-state index in [4.69, 9.17) is 4.74 Å². The Hall–Kier alpha value is -0.120. The molecule has 3 heteroatoms. The molecule has 0 spiro atoms. The quantitative estimate of drug-likeness (QED) is 0.751. The van der Waals surface area contributed by atoms with Crippen LogP contribution in [0.1, 0.15) is 46.5 Å². The number of aliphatic hydroxyl groups excluding tert-OH is 1. The maximum Gasteiger partial charge on any atom is 0.0658 e. The normalized spacial score (nSPS) is 47.2. The maximum atomic E-state index is 9.28. The van der Waals surface area contributed by atoms with Crippen LogP contribution in [0.15, 0.2) is 0 Å². The van der Waals surface area contributed by atoms with Crippen LogP contribution in [0.5, 0.6) is 0 Å². The van der Waals surface area contributed by atoms with Gasteiger partial charge in [-0.2, -0.15) is 0 Å². The number of ether oxygens (including phenoxy) is 1. The third-order valence-electron chi connectivity index (χ3n) is 4.66. The van der Waals surface area contributed by atoms with E-state index in [0.29, 0.717) is 18.2 Å². The minimum Gasteiger partial charge on any atom is -0.393 e. The molecule has 0 saturated heterocycles. The molecule has 3 nitrogen and oxygen atoms in total. The van der Waals surface area contributed by atoms with E-state index in [1.165, 1.54) is 0 Å². The third kappa shape index (κ3) is 2.01. The Morgan fingerprint density at radius 2 is 2.00 bits per heavy atom. The smallest absolute Gasteiger partial charge is 0.0658 e. The summed E-state index contributed by atoms with van der Waals surface area (Å²) in [6.45, 7) is 7.45. The van der Waals surface area contributed by atoms with Crippen molar-refractivity contribution in [3.8, 4) is 0 Å². The van der Waals surface area contributed by atoms with Crippen molar-refractivity contribution in [3.05, 3.63) is 0 Å². The van der Waals surface area contributed by atoms with Gasteiger partial charge in [-0.25, -0.2) is 0 Å². The first-order chi connectivity index (χ1) is 7.60. The SMILES string of the molecule is CCOC1CC(NC2CC(O)C2)C1(C)CC. The van der Waals surface area contributed by atoms with Gasteiger partial charge >= 0.3 is 0 Å². The second kappa shape index (κ2) is 4.63. The first kappa shape index (κ1) is 12.3. The average molecular weight is 227 g/mol. The largest absolute Gasteiger partial charge is 0.393 e. The van der Waals surface area contributed by atoms with E-state index in [9.17, 15) is 5.11 Å². The fraction of sp³-hybridized carbons (Fsp3) is 1.00. The predicted octanol–water partition coefficient (Wildman–Crippen LogP) is 1.69. The first-order valence-electron chi connectivity index (χ1n) is 6.65. The number of hydrogen-bond donors (Lipinski definition) is 2. The van der Waals surface area contributed by atoms with Crippen LogP contribution in [-0.4, -0.2) is 36.0 Å². The van der Waals surface area contributed by atoms with Gasteiger partial charge in [-0.15, -0.1) is 0 Å². The highest BCUT2D eigenvalue weighted by Crippen LogP contribution is 2.46. The van der Waals surface area contributed by atoms with Gasteiger partial charge in [-0.05, 0) is 32.6 Å².